The first kappa shape index (κ1) is 18.5. The summed E-state index contributed by atoms with van der Waals surface area (Å²) in [5, 5.41) is 0. The molecule has 136 valence electrons. The largest absolute Gasteiger partial charge is 0.393 e. The molecular formula is C23H23F3. The van der Waals surface area contributed by atoms with E-state index in [1.807, 2.05) is 61.5 Å². The summed E-state index contributed by atoms with van der Waals surface area (Å²) < 4.78 is 40.3. The van der Waals surface area contributed by atoms with Gasteiger partial charge in [0.2, 0.25) is 0 Å². The van der Waals surface area contributed by atoms with Crippen LogP contribution in [0.1, 0.15) is 36.5 Å². The van der Waals surface area contributed by atoms with Crippen LogP contribution >= 0.6 is 0 Å². The Balaban J connectivity index is 2.35. The lowest BCUT2D eigenvalue weighted by Crippen LogP contribution is -2.12. The minimum Gasteiger partial charge on any atom is -0.171 e. The minimum absolute atomic E-state index is 0.407. The molecule has 0 spiro atoms. The van der Waals surface area contributed by atoms with E-state index >= 15 is 0 Å². The van der Waals surface area contributed by atoms with Crippen molar-refractivity contribution in [1.82, 2.24) is 0 Å². The summed E-state index contributed by atoms with van der Waals surface area (Å²) in [6.45, 7) is 4.07. The maximum absolute atomic E-state index is 13.4. The predicted octanol–water partition coefficient (Wildman–Crippen LogP) is 7.21. The number of hydrogen-bond acceptors (Lipinski definition) is 0. The second-order valence-corrected chi connectivity index (χ2v) is 6.78. The zero-order valence-corrected chi connectivity index (χ0v) is 15.2. The smallest absolute Gasteiger partial charge is 0.171 e. The molecule has 0 atom stereocenters. The number of aryl methyl sites for hydroxylation is 1. The second kappa shape index (κ2) is 7.53. The molecule has 0 amide bonds. The van der Waals surface area contributed by atoms with Gasteiger partial charge in [0.25, 0.3) is 0 Å². The molecule has 0 saturated heterocycles. The summed E-state index contributed by atoms with van der Waals surface area (Å²) in [7, 11) is 0. The third-order valence-corrected chi connectivity index (χ3v) is 4.86. The highest BCUT2D eigenvalue weighted by Crippen LogP contribution is 2.46. The maximum atomic E-state index is 13.4. The molecule has 0 bridgehead atoms. The highest BCUT2D eigenvalue weighted by molar-refractivity contribution is 5.90. The van der Waals surface area contributed by atoms with E-state index in [-0.39, 0.29) is 0 Å². The topological polar surface area (TPSA) is 0 Å². The Hall–Kier alpha value is -2.29. The van der Waals surface area contributed by atoms with E-state index in [4.69, 9.17) is 0 Å². The Bertz CT molecular complexity index is 862. The van der Waals surface area contributed by atoms with Crippen molar-refractivity contribution in [1.29, 1.82) is 0 Å². The maximum Gasteiger partial charge on any atom is 0.393 e. The van der Waals surface area contributed by atoms with Crippen LogP contribution in [0.4, 0.5) is 13.2 Å². The molecule has 3 heteroatoms. The van der Waals surface area contributed by atoms with Crippen molar-refractivity contribution in [2.45, 2.75) is 45.7 Å². The van der Waals surface area contributed by atoms with Crippen LogP contribution in [-0.2, 0) is 12.8 Å². The SMILES string of the molecule is CCCCc1c2cccccc-2c(CC(F)(F)F)c1-c1ccccc1C. The highest BCUT2D eigenvalue weighted by atomic mass is 19.4. The molecule has 0 aromatic heterocycles. The fraction of sp³-hybridized carbons (Fsp3) is 0.304. The van der Waals surface area contributed by atoms with Crippen LogP contribution in [0.5, 0.6) is 0 Å². The quantitative estimate of drug-likeness (QED) is 0.453. The van der Waals surface area contributed by atoms with Crippen molar-refractivity contribution in [3.63, 3.8) is 0 Å². The number of hydrogen-bond donors (Lipinski definition) is 0. The average molecular weight is 356 g/mol. The van der Waals surface area contributed by atoms with Crippen LogP contribution in [-0.4, -0.2) is 6.18 Å². The summed E-state index contributed by atoms with van der Waals surface area (Å²) in [5.41, 5.74) is 5.83. The number of rotatable bonds is 5. The second-order valence-electron chi connectivity index (χ2n) is 6.78. The number of alkyl halides is 3. The Morgan fingerprint density at radius 3 is 1.96 bits per heavy atom. The zero-order chi connectivity index (χ0) is 18.7. The summed E-state index contributed by atoms with van der Waals surface area (Å²) >= 11 is 0. The van der Waals surface area contributed by atoms with Crippen LogP contribution < -0.4 is 0 Å². The normalized spacial score (nSPS) is 11.9. The van der Waals surface area contributed by atoms with Gasteiger partial charge >= 0.3 is 6.18 Å². The Morgan fingerprint density at radius 2 is 1.35 bits per heavy atom. The van der Waals surface area contributed by atoms with Crippen LogP contribution in [0.3, 0.4) is 0 Å². The van der Waals surface area contributed by atoms with Crippen molar-refractivity contribution in [2.24, 2.45) is 0 Å². The zero-order valence-electron chi connectivity index (χ0n) is 15.2. The van der Waals surface area contributed by atoms with E-state index in [0.29, 0.717) is 5.56 Å². The summed E-state index contributed by atoms with van der Waals surface area (Å²) in [4.78, 5) is 0. The molecule has 0 nitrogen and oxygen atoms in total. The molecule has 0 radical (unpaired) electrons. The van der Waals surface area contributed by atoms with Crippen molar-refractivity contribution < 1.29 is 13.2 Å². The minimum atomic E-state index is -4.24. The standard InChI is InChI=1S/C23H23F3/c1-3-4-11-20-18-13-6-5-7-14-19(18)21(15-23(24,25)26)22(20)17-12-9-8-10-16(17)2/h5-10,12-14H,3-4,11,15H2,1-2H3. The summed E-state index contributed by atoms with van der Waals surface area (Å²) in [5.74, 6) is 0. The fourth-order valence-corrected chi connectivity index (χ4v) is 3.70. The van der Waals surface area contributed by atoms with Gasteiger partial charge in [-0.2, -0.15) is 13.2 Å². The molecule has 0 saturated carbocycles. The average Bonchev–Trinajstić information content (AvgIpc) is 2.74. The van der Waals surface area contributed by atoms with Crippen LogP contribution in [0.25, 0.3) is 22.3 Å². The summed E-state index contributed by atoms with van der Waals surface area (Å²) in [6, 6.07) is 17.1. The lowest BCUT2D eigenvalue weighted by molar-refractivity contribution is -0.127. The molecule has 0 N–H and O–H groups in total. The van der Waals surface area contributed by atoms with E-state index in [0.717, 1.165) is 52.6 Å². The van der Waals surface area contributed by atoms with Gasteiger partial charge in [0.05, 0.1) is 6.42 Å². The Labute approximate surface area is 153 Å². The van der Waals surface area contributed by atoms with E-state index in [1.54, 1.807) is 0 Å². The van der Waals surface area contributed by atoms with E-state index in [9.17, 15) is 13.2 Å². The molecule has 26 heavy (non-hydrogen) atoms. The molecule has 3 rings (SSSR count). The molecule has 2 aliphatic carbocycles. The number of fused-ring (bicyclic) bond motifs is 1. The Kier molecular flexibility index (Phi) is 5.36. The molecule has 0 fully saturated rings. The lowest BCUT2D eigenvalue weighted by atomic mass is 9.93. The van der Waals surface area contributed by atoms with E-state index in [1.165, 1.54) is 0 Å². The molecule has 2 aliphatic rings. The van der Waals surface area contributed by atoms with Crippen molar-refractivity contribution in [3.8, 4) is 22.3 Å². The van der Waals surface area contributed by atoms with Crippen molar-refractivity contribution >= 4 is 0 Å². The monoisotopic (exact) mass is 356 g/mol. The van der Waals surface area contributed by atoms with E-state index < -0.39 is 12.6 Å². The molecule has 1 aromatic rings. The number of benzene rings is 1. The fourth-order valence-electron chi connectivity index (χ4n) is 3.70. The highest BCUT2D eigenvalue weighted by Gasteiger charge is 2.34. The summed E-state index contributed by atoms with van der Waals surface area (Å²) in [6.07, 6.45) is -2.38. The predicted molar refractivity (Wildman–Crippen MR) is 102 cm³/mol. The Morgan fingerprint density at radius 1 is 0.769 bits per heavy atom. The van der Waals surface area contributed by atoms with Gasteiger partial charge in [-0.1, -0.05) is 67.9 Å². The first-order valence-corrected chi connectivity index (χ1v) is 9.07. The van der Waals surface area contributed by atoms with Gasteiger partial charge in [-0.25, -0.2) is 0 Å². The van der Waals surface area contributed by atoms with Gasteiger partial charge < -0.3 is 0 Å². The van der Waals surface area contributed by atoms with Gasteiger partial charge in [-0.05, 0) is 58.7 Å². The third kappa shape index (κ3) is 3.77. The molecular weight excluding hydrogens is 333 g/mol. The number of unbranched alkanes of at least 4 members (excludes halogenated alkanes) is 1. The molecule has 1 aromatic carbocycles. The van der Waals surface area contributed by atoms with Gasteiger partial charge in [0, 0.05) is 0 Å². The first-order valence-electron chi connectivity index (χ1n) is 9.07. The molecule has 0 unspecified atom stereocenters. The lowest BCUT2D eigenvalue weighted by Gasteiger charge is -2.13. The van der Waals surface area contributed by atoms with Gasteiger partial charge in [-0.3, -0.25) is 0 Å². The third-order valence-electron chi connectivity index (χ3n) is 4.86. The van der Waals surface area contributed by atoms with E-state index in [2.05, 4.69) is 6.92 Å². The first-order chi connectivity index (χ1) is 12.4. The van der Waals surface area contributed by atoms with Crippen LogP contribution in [0, 0.1) is 6.92 Å². The van der Waals surface area contributed by atoms with Gasteiger partial charge in [0.15, 0.2) is 0 Å². The molecule has 0 heterocycles. The van der Waals surface area contributed by atoms with Crippen molar-refractivity contribution in [2.75, 3.05) is 0 Å². The van der Waals surface area contributed by atoms with Crippen LogP contribution in [0.15, 0.2) is 54.6 Å². The van der Waals surface area contributed by atoms with Gasteiger partial charge in [-0.15, -0.1) is 0 Å². The van der Waals surface area contributed by atoms with Crippen molar-refractivity contribution in [3.05, 3.63) is 71.3 Å². The molecule has 0 aliphatic heterocycles. The van der Waals surface area contributed by atoms with Crippen LogP contribution in [0.2, 0.25) is 0 Å². The number of halogens is 3. The van der Waals surface area contributed by atoms with Gasteiger partial charge in [0.1, 0.15) is 0 Å².